The number of benzene rings is 1. The maximum atomic E-state index is 12.4. The summed E-state index contributed by atoms with van der Waals surface area (Å²) in [6, 6.07) is 7.91. The number of aromatic amines is 1. The van der Waals surface area contributed by atoms with E-state index in [2.05, 4.69) is 10.3 Å². The van der Waals surface area contributed by atoms with Gasteiger partial charge in [0.25, 0.3) is 5.91 Å². The Bertz CT molecular complexity index is 605. The lowest BCUT2D eigenvalue weighted by Crippen LogP contribution is -2.46. The van der Waals surface area contributed by atoms with E-state index in [9.17, 15) is 4.79 Å². The van der Waals surface area contributed by atoms with Crippen LogP contribution in [0.1, 0.15) is 42.5 Å². The lowest BCUT2D eigenvalue weighted by molar-refractivity contribution is 0.0929. The third kappa shape index (κ3) is 2.70. The predicted octanol–water partition coefficient (Wildman–Crippen LogP) is 2.56. The highest BCUT2D eigenvalue weighted by Gasteiger charge is 2.22. The van der Waals surface area contributed by atoms with Crippen molar-refractivity contribution in [3.05, 3.63) is 36.0 Å². The van der Waals surface area contributed by atoms with E-state index in [1.54, 1.807) is 0 Å². The van der Waals surface area contributed by atoms with Crippen LogP contribution in [0.3, 0.4) is 0 Å². The number of carbonyl (C=O) groups excluding carboxylic acids is 1. The van der Waals surface area contributed by atoms with Crippen LogP contribution in [0.15, 0.2) is 30.5 Å². The zero-order valence-electron chi connectivity index (χ0n) is 11.6. The minimum atomic E-state index is -0.0242. The topological polar surface area (TPSA) is 70.9 Å². The van der Waals surface area contributed by atoms with Crippen molar-refractivity contribution in [3.8, 4) is 0 Å². The molecule has 2 aromatic rings. The SMILES string of the molecule is NC1CCCCCC1NC(=O)c1ccc2cc[nH]c2c1. The fourth-order valence-electron chi connectivity index (χ4n) is 2.96. The zero-order chi connectivity index (χ0) is 13.9. The van der Waals surface area contributed by atoms with Crippen LogP contribution in [-0.2, 0) is 0 Å². The molecule has 1 aromatic carbocycles. The second-order valence-electron chi connectivity index (χ2n) is 5.66. The molecule has 3 rings (SSSR count). The summed E-state index contributed by atoms with van der Waals surface area (Å²) in [4.78, 5) is 15.5. The van der Waals surface area contributed by atoms with E-state index in [1.807, 2.05) is 30.5 Å². The number of carbonyl (C=O) groups is 1. The van der Waals surface area contributed by atoms with Gasteiger partial charge in [-0.15, -0.1) is 0 Å². The number of amides is 1. The highest BCUT2D eigenvalue weighted by molar-refractivity contribution is 5.98. The number of H-pyrrole nitrogens is 1. The molecule has 20 heavy (non-hydrogen) atoms. The quantitative estimate of drug-likeness (QED) is 0.735. The standard InChI is InChI=1S/C16H21N3O/c17-13-4-2-1-3-5-14(13)19-16(20)12-7-6-11-8-9-18-15(11)10-12/h6-10,13-14,18H,1-5,17H2,(H,19,20). The normalized spacial score (nSPS) is 23.4. The summed E-state index contributed by atoms with van der Waals surface area (Å²) in [5.74, 6) is -0.0242. The Morgan fingerprint density at radius 1 is 1.20 bits per heavy atom. The Morgan fingerprint density at radius 2 is 2.05 bits per heavy atom. The van der Waals surface area contributed by atoms with Crippen molar-refractivity contribution < 1.29 is 4.79 Å². The van der Waals surface area contributed by atoms with Crippen LogP contribution in [0.4, 0.5) is 0 Å². The summed E-state index contributed by atoms with van der Waals surface area (Å²) in [6.45, 7) is 0. The van der Waals surface area contributed by atoms with Crippen LogP contribution in [-0.4, -0.2) is 23.0 Å². The van der Waals surface area contributed by atoms with E-state index in [1.165, 1.54) is 12.8 Å². The summed E-state index contributed by atoms with van der Waals surface area (Å²) in [5.41, 5.74) is 7.84. The molecule has 4 nitrogen and oxygen atoms in total. The summed E-state index contributed by atoms with van der Waals surface area (Å²) in [7, 11) is 0. The number of nitrogens with two attached hydrogens (primary N) is 1. The summed E-state index contributed by atoms with van der Waals surface area (Å²) < 4.78 is 0. The smallest absolute Gasteiger partial charge is 0.251 e. The average Bonchev–Trinajstić information content (AvgIpc) is 2.83. The van der Waals surface area contributed by atoms with Crippen molar-refractivity contribution in [1.82, 2.24) is 10.3 Å². The maximum absolute atomic E-state index is 12.4. The fourth-order valence-corrected chi connectivity index (χ4v) is 2.96. The lowest BCUT2D eigenvalue weighted by Gasteiger charge is -2.22. The largest absolute Gasteiger partial charge is 0.361 e. The molecule has 4 N–H and O–H groups in total. The van der Waals surface area contributed by atoms with Crippen molar-refractivity contribution in [2.75, 3.05) is 0 Å². The summed E-state index contributed by atoms with van der Waals surface area (Å²) in [5, 5.41) is 4.22. The predicted molar refractivity (Wildman–Crippen MR) is 80.6 cm³/mol. The van der Waals surface area contributed by atoms with Gasteiger partial charge in [-0.3, -0.25) is 4.79 Å². The number of aromatic nitrogens is 1. The molecule has 2 unspecified atom stereocenters. The molecule has 0 aliphatic heterocycles. The molecule has 1 aliphatic carbocycles. The van der Waals surface area contributed by atoms with Crippen LogP contribution >= 0.6 is 0 Å². The van der Waals surface area contributed by atoms with Gasteiger partial charge in [0, 0.05) is 29.4 Å². The minimum absolute atomic E-state index is 0.0242. The highest BCUT2D eigenvalue weighted by atomic mass is 16.1. The Morgan fingerprint density at radius 3 is 2.95 bits per heavy atom. The van der Waals surface area contributed by atoms with Crippen molar-refractivity contribution in [1.29, 1.82) is 0 Å². The molecule has 1 fully saturated rings. The molecule has 0 spiro atoms. The monoisotopic (exact) mass is 271 g/mol. The minimum Gasteiger partial charge on any atom is -0.361 e. The van der Waals surface area contributed by atoms with E-state index >= 15 is 0 Å². The number of fused-ring (bicyclic) bond motifs is 1. The van der Waals surface area contributed by atoms with Crippen LogP contribution in [0, 0.1) is 0 Å². The fraction of sp³-hybridized carbons (Fsp3) is 0.438. The van der Waals surface area contributed by atoms with Crippen molar-refractivity contribution in [2.45, 2.75) is 44.2 Å². The first kappa shape index (κ1) is 13.2. The third-order valence-corrected chi connectivity index (χ3v) is 4.20. The van der Waals surface area contributed by atoms with Crippen LogP contribution in [0.25, 0.3) is 10.9 Å². The van der Waals surface area contributed by atoms with Crippen molar-refractivity contribution in [2.24, 2.45) is 5.73 Å². The Labute approximate surface area is 118 Å². The van der Waals surface area contributed by atoms with Crippen molar-refractivity contribution >= 4 is 16.8 Å². The molecule has 1 saturated carbocycles. The molecular weight excluding hydrogens is 250 g/mol. The van der Waals surface area contributed by atoms with Gasteiger partial charge in [-0.05, 0) is 36.4 Å². The van der Waals surface area contributed by atoms with Gasteiger partial charge < -0.3 is 16.0 Å². The second-order valence-corrected chi connectivity index (χ2v) is 5.66. The van der Waals surface area contributed by atoms with E-state index in [-0.39, 0.29) is 18.0 Å². The molecule has 106 valence electrons. The maximum Gasteiger partial charge on any atom is 0.251 e. The van der Waals surface area contributed by atoms with Gasteiger partial charge >= 0.3 is 0 Å². The van der Waals surface area contributed by atoms with Gasteiger partial charge in [-0.2, -0.15) is 0 Å². The molecule has 1 amide bonds. The molecule has 1 aliphatic rings. The van der Waals surface area contributed by atoms with E-state index in [4.69, 9.17) is 5.73 Å². The molecular formula is C16H21N3O. The molecule has 2 atom stereocenters. The second kappa shape index (κ2) is 5.67. The summed E-state index contributed by atoms with van der Waals surface area (Å²) in [6.07, 6.45) is 7.40. The van der Waals surface area contributed by atoms with Gasteiger partial charge in [0.15, 0.2) is 0 Å². The van der Waals surface area contributed by atoms with Gasteiger partial charge in [0.2, 0.25) is 0 Å². The Kier molecular flexibility index (Phi) is 3.74. The molecule has 0 bridgehead atoms. The third-order valence-electron chi connectivity index (χ3n) is 4.20. The van der Waals surface area contributed by atoms with Crippen molar-refractivity contribution in [3.63, 3.8) is 0 Å². The first-order valence-corrected chi connectivity index (χ1v) is 7.37. The molecule has 1 heterocycles. The molecule has 0 radical (unpaired) electrons. The lowest BCUT2D eigenvalue weighted by atomic mass is 10.0. The highest BCUT2D eigenvalue weighted by Crippen LogP contribution is 2.18. The first-order chi connectivity index (χ1) is 9.74. The average molecular weight is 271 g/mol. The first-order valence-electron chi connectivity index (χ1n) is 7.37. The Balaban J connectivity index is 1.74. The van der Waals surface area contributed by atoms with Gasteiger partial charge in [-0.1, -0.05) is 25.3 Å². The molecule has 0 saturated heterocycles. The molecule has 1 aromatic heterocycles. The Hall–Kier alpha value is -1.81. The van der Waals surface area contributed by atoms with E-state index < -0.39 is 0 Å². The molecule has 4 heteroatoms. The van der Waals surface area contributed by atoms with Crippen LogP contribution < -0.4 is 11.1 Å². The number of rotatable bonds is 2. The number of nitrogens with one attached hydrogen (secondary N) is 2. The van der Waals surface area contributed by atoms with Crippen LogP contribution in [0.2, 0.25) is 0 Å². The van der Waals surface area contributed by atoms with Gasteiger partial charge in [0.05, 0.1) is 0 Å². The van der Waals surface area contributed by atoms with E-state index in [0.29, 0.717) is 5.56 Å². The van der Waals surface area contributed by atoms with Gasteiger partial charge in [-0.25, -0.2) is 0 Å². The van der Waals surface area contributed by atoms with Crippen LogP contribution in [0.5, 0.6) is 0 Å². The number of hydrogen-bond donors (Lipinski definition) is 3. The van der Waals surface area contributed by atoms with E-state index in [0.717, 1.165) is 30.2 Å². The van der Waals surface area contributed by atoms with Gasteiger partial charge in [0.1, 0.15) is 0 Å². The zero-order valence-corrected chi connectivity index (χ0v) is 11.6. The summed E-state index contributed by atoms with van der Waals surface area (Å²) >= 11 is 0. The number of hydrogen-bond acceptors (Lipinski definition) is 2.